The normalized spacial score (nSPS) is 9.15. The number of pyridine rings is 1. The van der Waals surface area contributed by atoms with Gasteiger partial charge in [-0.1, -0.05) is 6.07 Å². The number of nitriles is 1. The second kappa shape index (κ2) is 4.21. The molecule has 0 aliphatic rings. The summed E-state index contributed by atoms with van der Waals surface area (Å²) in [7, 11) is 0. The largest absolute Gasteiger partial charge is 0.481 e. The molecule has 4 heteroatoms. The summed E-state index contributed by atoms with van der Waals surface area (Å²) >= 11 is 0. The van der Waals surface area contributed by atoms with Crippen LogP contribution in [0.3, 0.4) is 0 Å². The number of carbonyl (C=O) groups is 1. The molecule has 13 heavy (non-hydrogen) atoms. The Bertz CT molecular complexity index is 338. The van der Waals surface area contributed by atoms with Crippen LogP contribution in [-0.2, 0) is 11.2 Å². The van der Waals surface area contributed by atoms with Crippen molar-refractivity contribution in [2.24, 2.45) is 0 Å². The van der Waals surface area contributed by atoms with Crippen LogP contribution in [0, 0.1) is 11.3 Å². The van der Waals surface area contributed by atoms with E-state index in [2.05, 4.69) is 4.98 Å². The molecular weight excluding hydrogens is 168 g/mol. The Morgan fingerprint density at radius 3 is 2.85 bits per heavy atom. The van der Waals surface area contributed by atoms with E-state index in [0.717, 1.165) is 5.56 Å². The highest BCUT2D eigenvalue weighted by Gasteiger charge is 1.99. The molecule has 0 saturated heterocycles. The van der Waals surface area contributed by atoms with Crippen molar-refractivity contribution in [1.29, 1.82) is 5.26 Å². The Kier molecular flexibility index (Phi) is 2.98. The summed E-state index contributed by atoms with van der Waals surface area (Å²) in [4.78, 5) is 14.0. The fraction of sp³-hybridized carbons (Fsp3) is 0.222. The summed E-state index contributed by atoms with van der Waals surface area (Å²) in [6, 6.07) is 5.19. The third-order valence-electron chi connectivity index (χ3n) is 1.57. The third-order valence-corrected chi connectivity index (χ3v) is 1.57. The van der Waals surface area contributed by atoms with E-state index in [1.807, 2.05) is 6.07 Å². The number of rotatable bonds is 3. The van der Waals surface area contributed by atoms with Crippen LogP contribution in [0.25, 0.3) is 0 Å². The van der Waals surface area contributed by atoms with Gasteiger partial charge in [0.15, 0.2) is 0 Å². The summed E-state index contributed by atoms with van der Waals surface area (Å²) in [5.74, 6) is -0.829. The van der Waals surface area contributed by atoms with E-state index in [1.165, 1.54) is 6.20 Å². The van der Waals surface area contributed by atoms with E-state index >= 15 is 0 Å². The van der Waals surface area contributed by atoms with Gasteiger partial charge in [0.25, 0.3) is 0 Å². The summed E-state index contributed by atoms with van der Waals surface area (Å²) in [6.45, 7) is 0. The van der Waals surface area contributed by atoms with E-state index in [9.17, 15) is 4.79 Å². The van der Waals surface area contributed by atoms with Crippen molar-refractivity contribution in [2.45, 2.75) is 12.8 Å². The Morgan fingerprint density at radius 2 is 2.38 bits per heavy atom. The van der Waals surface area contributed by atoms with Crippen LogP contribution in [0.15, 0.2) is 18.3 Å². The molecule has 4 nitrogen and oxygen atoms in total. The molecule has 0 fully saturated rings. The molecule has 0 unspecified atom stereocenters. The topological polar surface area (TPSA) is 74.0 Å². The minimum atomic E-state index is -0.829. The molecule has 1 N–H and O–H groups in total. The minimum Gasteiger partial charge on any atom is -0.481 e. The molecule has 0 aromatic carbocycles. The van der Waals surface area contributed by atoms with Gasteiger partial charge in [-0.15, -0.1) is 0 Å². The molecule has 0 aliphatic carbocycles. The molecule has 0 spiro atoms. The highest BCUT2D eigenvalue weighted by molar-refractivity contribution is 5.67. The van der Waals surface area contributed by atoms with Crippen molar-refractivity contribution in [2.75, 3.05) is 0 Å². The van der Waals surface area contributed by atoms with E-state index in [4.69, 9.17) is 10.4 Å². The number of nitrogens with zero attached hydrogens (tertiary/aromatic N) is 2. The predicted octanol–water partition coefficient (Wildman–Crippen LogP) is 0.970. The summed E-state index contributed by atoms with van der Waals surface area (Å²) in [5.41, 5.74) is 1.18. The van der Waals surface area contributed by atoms with Crippen molar-refractivity contribution >= 4 is 5.97 Å². The second-order valence-electron chi connectivity index (χ2n) is 2.56. The lowest BCUT2D eigenvalue weighted by molar-refractivity contribution is -0.136. The number of hydrogen-bond acceptors (Lipinski definition) is 3. The van der Waals surface area contributed by atoms with Crippen molar-refractivity contribution in [3.63, 3.8) is 0 Å². The number of carboxylic acids is 1. The molecule has 1 aromatic heterocycles. The van der Waals surface area contributed by atoms with Crippen molar-refractivity contribution < 1.29 is 9.90 Å². The average molecular weight is 176 g/mol. The first-order chi connectivity index (χ1) is 6.22. The van der Waals surface area contributed by atoms with Crippen molar-refractivity contribution in [3.05, 3.63) is 29.6 Å². The van der Waals surface area contributed by atoms with Gasteiger partial charge in [-0.05, 0) is 18.1 Å². The van der Waals surface area contributed by atoms with Crippen LogP contribution >= 0.6 is 0 Å². The molecule has 0 radical (unpaired) electrons. The quantitative estimate of drug-likeness (QED) is 0.744. The Balaban J connectivity index is 2.60. The number of carboxylic acid groups (broad SMARTS) is 1. The summed E-state index contributed by atoms with van der Waals surface area (Å²) in [6.07, 6.45) is 2.07. The standard InChI is InChI=1S/C9H8N2O2/c10-5-8-3-1-7(6-11-8)2-4-9(12)13/h1,3,6H,2,4H2,(H,12,13). The first-order valence-corrected chi connectivity index (χ1v) is 3.79. The van der Waals surface area contributed by atoms with Gasteiger partial charge in [0.2, 0.25) is 0 Å². The average Bonchev–Trinajstić information content (AvgIpc) is 2.15. The number of aliphatic carboxylic acids is 1. The van der Waals surface area contributed by atoms with Crippen molar-refractivity contribution in [3.8, 4) is 6.07 Å². The molecule has 0 atom stereocenters. The van der Waals surface area contributed by atoms with Crippen LogP contribution in [0.2, 0.25) is 0 Å². The fourth-order valence-electron chi connectivity index (χ4n) is 0.890. The van der Waals surface area contributed by atoms with Crippen LogP contribution in [0.1, 0.15) is 17.7 Å². The van der Waals surface area contributed by atoms with Gasteiger partial charge in [0.05, 0.1) is 0 Å². The molecule has 0 saturated carbocycles. The van der Waals surface area contributed by atoms with E-state index in [-0.39, 0.29) is 6.42 Å². The van der Waals surface area contributed by atoms with Crippen molar-refractivity contribution in [1.82, 2.24) is 4.98 Å². The lowest BCUT2D eigenvalue weighted by Gasteiger charge is -1.96. The van der Waals surface area contributed by atoms with Gasteiger partial charge in [-0.25, -0.2) is 4.98 Å². The van der Waals surface area contributed by atoms with Gasteiger partial charge in [0, 0.05) is 12.6 Å². The molecule has 0 bridgehead atoms. The minimum absolute atomic E-state index is 0.0909. The third kappa shape index (κ3) is 2.91. The van der Waals surface area contributed by atoms with Gasteiger partial charge in [-0.3, -0.25) is 4.79 Å². The van der Waals surface area contributed by atoms with Crippen LogP contribution in [0.5, 0.6) is 0 Å². The first kappa shape index (κ1) is 9.20. The fourth-order valence-corrected chi connectivity index (χ4v) is 0.890. The van der Waals surface area contributed by atoms with Crippen LogP contribution in [0.4, 0.5) is 0 Å². The lowest BCUT2D eigenvalue weighted by atomic mass is 10.1. The Hall–Kier alpha value is -1.89. The van der Waals surface area contributed by atoms with E-state index in [1.54, 1.807) is 12.1 Å². The molecule has 1 aromatic rings. The van der Waals surface area contributed by atoms with Crippen LogP contribution in [-0.4, -0.2) is 16.1 Å². The zero-order valence-electron chi connectivity index (χ0n) is 6.90. The summed E-state index contributed by atoms with van der Waals surface area (Å²) in [5, 5.41) is 16.8. The highest BCUT2D eigenvalue weighted by Crippen LogP contribution is 2.02. The number of aromatic nitrogens is 1. The molecular formula is C9H8N2O2. The smallest absolute Gasteiger partial charge is 0.303 e. The monoisotopic (exact) mass is 176 g/mol. The second-order valence-corrected chi connectivity index (χ2v) is 2.56. The maximum absolute atomic E-state index is 10.2. The van der Waals surface area contributed by atoms with E-state index in [0.29, 0.717) is 12.1 Å². The van der Waals surface area contributed by atoms with E-state index < -0.39 is 5.97 Å². The van der Waals surface area contributed by atoms with Gasteiger partial charge in [0.1, 0.15) is 11.8 Å². The SMILES string of the molecule is N#Cc1ccc(CCC(=O)O)cn1. The molecule has 0 amide bonds. The van der Waals surface area contributed by atoms with Crippen LogP contribution < -0.4 is 0 Å². The van der Waals surface area contributed by atoms with Gasteiger partial charge >= 0.3 is 5.97 Å². The maximum atomic E-state index is 10.2. The zero-order chi connectivity index (χ0) is 9.68. The number of hydrogen-bond donors (Lipinski definition) is 1. The Labute approximate surface area is 75.5 Å². The molecule has 66 valence electrons. The summed E-state index contributed by atoms with van der Waals surface area (Å²) < 4.78 is 0. The number of aryl methyl sites for hydroxylation is 1. The Morgan fingerprint density at radius 1 is 1.62 bits per heavy atom. The lowest BCUT2D eigenvalue weighted by Crippen LogP contribution is -1.97. The zero-order valence-corrected chi connectivity index (χ0v) is 6.90. The molecule has 1 rings (SSSR count). The van der Waals surface area contributed by atoms with Gasteiger partial charge < -0.3 is 5.11 Å². The van der Waals surface area contributed by atoms with Gasteiger partial charge in [-0.2, -0.15) is 5.26 Å². The highest BCUT2D eigenvalue weighted by atomic mass is 16.4. The maximum Gasteiger partial charge on any atom is 0.303 e. The predicted molar refractivity (Wildman–Crippen MR) is 44.9 cm³/mol. The first-order valence-electron chi connectivity index (χ1n) is 3.79. The molecule has 1 heterocycles. The molecule has 0 aliphatic heterocycles.